The number of amides is 2. The van der Waals surface area contributed by atoms with Crippen molar-refractivity contribution in [2.24, 2.45) is 0 Å². The number of rotatable bonds is 17. The minimum Gasteiger partial charge on any atom is -0.395 e. The molecule has 2 amide bonds. The van der Waals surface area contributed by atoms with Crippen molar-refractivity contribution < 1.29 is 30.0 Å². The van der Waals surface area contributed by atoms with Crippen LogP contribution in [0.1, 0.15) is 19.8 Å². The number of anilines is 2. The van der Waals surface area contributed by atoms with E-state index in [-0.39, 0.29) is 45.4 Å². The smallest absolute Gasteiger partial charge is 0.224 e. The SMILES string of the molecule is CCCNc1ccc(-c2ccc(NCCC(=O)N(CCO)CCO)cc2)cc1.O=CN(CCO)CCO. The molecule has 0 radical (unpaired) electrons. The second-order valence-corrected chi connectivity index (χ2v) is 8.17. The highest BCUT2D eigenvalue weighted by molar-refractivity contribution is 5.77. The molecule has 0 unspecified atom stereocenters. The van der Waals surface area contributed by atoms with E-state index in [4.69, 9.17) is 20.4 Å². The van der Waals surface area contributed by atoms with E-state index in [0.29, 0.717) is 32.5 Å². The highest BCUT2D eigenvalue weighted by Crippen LogP contribution is 2.23. The van der Waals surface area contributed by atoms with Crippen molar-refractivity contribution in [1.82, 2.24) is 9.80 Å². The minimum absolute atomic E-state index is 0.0568. The van der Waals surface area contributed by atoms with Gasteiger partial charge in [0.1, 0.15) is 0 Å². The third-order valence-electron chi connectivity index (χ3n) is 5.37. The van der Waals surface area contributed by atoms with Crippen molar-refractivity contribution in [2.75, 3.05) is 76.3 Å². The summed E-state index contributed by atoms with van der Waals surface area (Å²) in [4.78, 5) is 24.9. The lowest BCUT2D eigenvalue weighted by atomic mass is 10.0. The molecular formula is C27H42N4O6. The van der Waals surface area contributed by atoms with Crippen LogP contribution in [0.2, 0.25) is 0 Å². The van der Waals surface area contributed by atoms with E-state index >= 15 is 0 Å². The van der Waals surface area contributed by atoms with Crippen molar-refractivity contribution in [3.05, 3.63) is 48.5 Å². The highest BCUT2D eigenvalue weighted by atomic mass is 16.3. The Morgan fingerprint density at radius 3 is 1.54 bits per heavy atom. The summed E-state index contributed by atoms with van der Waals surface area (Å²) in [5.74, 6) is -0.0796. The molecule has 0 fully saturated rings. The number of benzene rings is 2. The number of hydrogen-bond donors (Lipinski definition) is 6. The molecule has 0 aliphatic rings. The largest absolute Gasteiger partial charge is 0.395 e. The molecule has 0 aromatic heterocycles. The molecule has 0 atom stereocenters. The number of hydrogen-bond acceptors (Lipinski definition) is 8. The molecule has 37 heavy (non-hydrogen) atoms. The Morgan fingerprint density at radius 1 is 0.730 bits per heavy atom. The lowest BCUT2D eigenvalue weighted by Crippen LogP contribution is -2.36. The van der Waals surface area contributed by atoms with Crippen LogP contribution < -0.4 is 10.6 Å². The number of aliphatic hydroxyl groups excluding tert-OH is 4. The average molecular weight is 519 g/mol. The first-order chi connectivity index (χ1) is 18.0. The first-order valence-corrected chi connectivity index (χ1v) is 12.6. The van der Waals surface area contributed by atoms with E-state index in [9.17, 15) is 9.59 Å². The quantitative estimate of drug-likeness (QED) is 0.172. The Morgan fingerprint density at radius 2 is 1.16 bits per heavy atom. The van der Waals surface area contributed by atoms with Crippen molar-refractivity contribution in [3.8, 4) is 11.1 Å². The van der Waals surface area contributed by atoms with Crippen LogP contribution in [0.15, 0.2) is 48.5 Å². The molecule has 0 spiro atoms. The summed E-state index contributed by atoms with van der Waals surface area (Å²) in [5.41, 5.74) is 4.38. The normalized spacial score (nSPS) is 10.2. The van der Waals surface area contributed by atoms with Gasteiger partial charge in [-0.1, -0.05) is 31.2 Å². The van der Waals surface area contributed by atoms with Crippen LogP contribution in [0.4, 0.5) is 11.4 Å². The van der Waals surface area contributed by atoms with E-state index in [1.165, 1.54) is 9.80 Å². The Hall–Kier alpha value is -3.18. The van der Waals surface area contributed by atoms with Crippen LogP contribution in [0.3, 0.4) is 0 Å². The van der Waals surface area contributed by atoms with Gasteiger partial charge < -0.3 is 40.9 Å². The zero-order valence-electron chi connectivity index (χ0n) is 21.7. The second-order valence-electron chi connectivity index (χ2n) is 8.17. The first-order valence-electron chi connectivity index (χ1n) is 12.6. The molecule has 0 bridgehead atoms. The number of nitrogens with one attached hydrogen (secondary N) is 2. The van der Waals surface area contributed by atoms with Gasteiger partial charge in [0.25, 0.3) is 0 Å². The fourth-order valence-corrected chi connectivity index (χ4v) is 3.38. The standard InChI is InChI=1S/C22H31N3O3.C5H11NO3/c1-2-12-23-20-7-3-18(4-8-20)19-5-9-21(10-6-19)24-13-11-22(28)25(14-16-26)15-17-27;7-3-1-6(5-9)2-4-8/h3-10,23-24,26-27H,2,11-17H2,1H3;5,7-8H,1-4H2. The molecule has 10 heteroatoms. The maximum absolute atomic E-state index is 12.1. The van der Waals surface area contributed by atoms with Gasteiger partial charge in [-0.15, -0.1) is 0 Å². The Labute approximate surface area is 219 Å². The molecule has 0 aliphatic heterocycles. The number of carbonyl (C=O) groups excluding carboxylic acids is 2. The van der Waals surface area contributed by atoms with Gasteiger partial charge in [-0.25, -0.2) is 0 Å². The molecule has 0 saturated carbocycles. The Kier molecular flexibility index (Phi) is 17.2. The maximum Gasteiger partial charge on any atom is 0.224 e. The summed E-state index contributed by atoms with van der Waals surface area (Å²) in [7, 11) is 0. The molecule has 0 saturated heterocycles. The predicted octanol–water partition coefficient (Wildman–Crippen LogP) is 1.22. The zero-order chi connectivity index (χ0) is 27.3. The summed E-state index contributed by atoms with van der Waals surface area (Å²) < 4.78 is 0. The third-order valence-corrected chi connectivity index (χ3v) is 5.37. The van der Waals surface area contributed by atoms with Crippen LogP contribution in [-0.2, 0) is 9.59 Å². The van der Waals surface area contributed by atoms with E-state index in [1.807, 2.05) is 12.1 Å². The summed E-state index contributed by atoms with van der Waals surface area (Å²) in [6.45, 7) is 4.40. The summed E-state index contributed by atoms with van der Waals surface area (Å²) >= 11 is 0. The van der Waals surface area contributed by atoms with E-state index in [0.717, 1.165) is 35.5 Å². The molecular weight excluding hydrogens is 476 g/mol. The van der Waals surface area contributed by atoms with Gasteiger partial charge in [0.2, 0.25) is 12.3 Å². The fourth-order valence-electron chi connectivity index (χ4n) is 3.38. The van der Waals surface area contributed by atoms with Gasteiger partial charge in [-0.05, 0) is 41.8 Å². The van der Waals surface area contributed by atoms with Gasteiger partial charge in [0.15, 0.2) is 0 Å². The minimum atomic E-state index is -0.101. The molecule has 2 rings (SSSR count). The van der Waals surface area contributed by atoms with Gasteiger partial charge in [-0.3, -0.25) is 9.59 Å². The van der Waals surface area contributed by atoms with Crippen molar-refractivity contribution in [2.45, 2.75) is 19.8 Å². The van der Waals surface area contributed by atoms with Gasteiger partial charge in [0, 0.05) is 57.1 Å². The van der Waals surface area contributed by atoms with Crippen LogP contribution in [-0.4, -0.2) is 108 Å². The van der Waals surface area contributed by atoms with E-state index in [2.05, 4.69) is 54.0 Å². The molecule has 206 valence electrons. The number of aliphatic hydroxyl groups is 4. The molecule has 0 aliphatic carbocycles. The molecule has 6 N–H and O–H groups in total. The first kappa shape index (κ1) is 31.8. The molecule has 2 aromatic rings. The summed E-state index contributed by atoms with van der Waals surface area (Å²) in [6, 6.07) is 16.5. The average Bonchev–Trinajstić information content (AvgIpc) is 2.92. The monoisotopic (exact) mass is 518 g/mol. The molecule has 10 nitrogen and oxygen atoms in total. The fraction of sp³-hybridized carbons (Fsp3) is 0.481. The van der Waals surface area contributed by atoms with Crippen molar-refractivity contribution in [3.63, 3.8) is 0 Å². The molecule has 2 aromatic carbocycles. The summed E-state index contributed by atoms with van der Waals surface area (Å²) in [6.07, 6.45) is 2.02. The van der Waals surface area contributed by atoms with Crippen molar-refractivity contribution in [1.29, 1.82) is 0 Å². The number of carbonyl (C=O) groups is 2. The molecule has 0 heterocycles. The van der Waals surface area contributed by atoms with Crippen LogP contribution in [0.25, 0.3) is 11.1 Å². The lowest BCUT2D eigenvalue weighted by molar-refractivity contribution is -0.132. The number of nitrogens with zero attached hydrogens (tertiary/aromatic N) is 2. The Balaban J connectivity index is 0.000000649. The highest BCUT2D eigenvalue weighted by Gasteiger charge is 2.11. The van der Waals surface area contributed by atoms with E-state index < -0.39 is 0 Å². The summed E-state index contributed by atoms with van der Waals surface area (Å²) in [5, 5.41) is 41.2. The topological polar surface area (TPSA) is 146 Å². The van der Waals surface area contributed by atoms with Crippen LogP contribution in [0, 0.1) is 0 Å². The second kappa shape index (κ2) is 19.9. The van der Waals surface area contributed by atoms with E-state index in [1.54, 1.807) is 0 Å². The Bertz CT molecular complexity index is 852. The van der Waals surface area contributed by atoms with Crippen molar-refractivity contribution >= 4 is 23.7 Å². The predicted molar refractivity (Wildman–Crippen MR) is 146 cm³/mol. The maximum atomic E-state index is 12.1. The van der Waals surface area contributed by atoms with Crippen LogP contribution in [0.5, 0.6) is 0 Å². The zero-order valence-corrected chi connectivity index (χ0v) is 21.7. The van der Waals surface area contributed by atoms with Gasteiger partial charge >= 0.3 is 0 Å². The third kappa shape index (κ3) is 13.1. The van der Waals surface area contributed by atoms with Gasteiger partial charge in [-0.2, -0.15) is 0 Å². The van der Waals surface area contributed by atoms with Crippen LogP contribution >= 0.6 is 0 Å². The lowest BCUT2D eigenvalue weighted by Gasteiger charge is -2.20. The van der Waals surface area contributed by atoms with Gasteiger partial charge in [0.05, 0.1) is 26.4 Å².